The average molecular weight is 402 g/mol. The van der Waals surface area contributed by atoms with Gasteiger partial charge < -0.3 is 10.1 Å². The summed E-state index contributed by atoms with van der Waals surface area (Å²) in [6.07, 6.45) is 2.20. The van der Waals surface area contributed by atoms with Gasteiger partial charge in [0.25, 0.3) is 0 Å². The van der Waals surface area contributed by atoms with Crippen LogP contribution in [0.15, 0.2) is 66.9 Å². The molecule has 0 saturated carbocycles. The highest BCUT2D eigenvalue weighted by atomic mass is 16.5. The number of rotatable bonds is 3. The summed E-state index contributed by atoms with van der Waals surface area (Å²) in [6, 6.07) is 21.5. The number of ether oxygens (including phenoxy) is 1. The van der Waals surface area contributed by atoms with Crippen LogP contribution in [0.1, 0.15) is 20.8 Å². The quantitative estimate of drug-likeness (QED) is 0.516. The lowest BCUT2D eigenvalue weighted by Crippen LogP contribution is -2.42. The van der Waals surface area contributed by atoms with Gasteiger partial charge in [-0.05, 0) is 44.4 Å². The smallest absolute Gasteiger partial charge is 0.371 e. The molecule has 2 aromatic heterocycles. The Labute approximate surface area is 177 Å². The fourth-order valence-electron chi connectivity index (χ4n) is 4.29. The molecule has 0 radical (unpaired) electrons. The van der Waals surface area contributed by atoms with Crippen LogP contribution in [0.2, 0.25) is 0 Å². The third kappa shape index (κ3) is 3.29. The minimum Gasteiger partial charge on any atom is -0.375 e. The van der Waals surface area contributed by atoms with Crippen molar-refractivity contribution in [3.05, 3.63) is 66.9 Å². The number of imidazole rings is 1. The van der Waals surface area contributed by atoms with Gasteiger partial charge in [0.2, 0.25) is 5.82 Å². The summed E-state index contributed by atoms with van der Waals surface area (Å²) in [5, 5.41) is 6.32. The molecule has 0 amide bonds. The van der Waals surface area contributed by atoms with E-state index in [1.54, 1.807) is 0 Å². The average Bonchev–Trinajstić information content (AvgIpc) is 3.08. The molecule has 1 aliphatic heterocycles. The maximum atomic E-state index is 5.66. The van der Waals surface area contributed by atoms with Crippen molar-refractivity contribution in [1.29, 1.82) is 0 Å². The lowest BCUT2D eigenvalue weighted by molar-refractivity contribution is -0.496. The second kappa shape index (κ2) is 7.33. The normalized spacial score (nSPS) is 15.1. The summed E-state index contributed by atoms with van der Waals surface area (Å²) in [5.41, 5.74) is 2.27. The lowest BCUT2D eigenvalue weighted by atomic mass is 10.1. The summed E-state index contributed by atoms with van der Waals surface area (Å²) in [4.78, 5) is 2.44. The molecule has 0 unspecified atom stereocenters. The van der Waals surface area contributed by atoms with Crippen LogP contribution in [0.4, 0.5) is 11.8 Å². The molecule has 1 saturated heterocycles. The third-order valence-corrected chi connectivity index (χ3v) is 5.53. The number of para-hydroxylation sites is 1. The first-order chi connectivity index (χ1) is 14.5. The molecule has 154 valence electrons. The number of nitrogens with one attached hydrogen (secondary N) is 1. The monoisotopic (exact) mass is 401 g/mol. The number of pyridine rings is 1. The van der Waals surface area contributed by atoms with E-state index in [9.17, 15) is 0 Å². The first-order valence-corrected chi connectivity index (χ1v) is 10.7. The molecular formula is C25H29N4O+. The van der Waals surface area contributed by atoms with E-state index in [1.807, 2.05) is 0 Å². The number of aromatic nitrogens is 2. The Morgan fingerprint density at radius 2 is 1.60 bits per heavy atom. The largest absolute Gasteiger partial charge is 0.375 e. The highest BCUT2D eigenvalue weighted by molar-refractivity contribution is 5.99. The predicted molar refractivity (Wildman–Crippen MR) is 123 cm³/mol. The van der Waals surface area contributed by atoms with Crippen molar-refractivity contribution in [1.82, 2.24) is 4.57 Å². The Bertz CT molecular complexity index is 1180. The molecule has 1 N–H and O–H groups in total. The number of hydrogen-bond donors (Lipinski definition) is 1. The molecule has 0 spiro atoms. The summed E-state index contributed by atoms with van der Waals surface area (Å²) in [5.74, 6) is 2.28. The second-order valence-electron chi connectivity index (χ2n) is 8.92. The molecule has 5 nitrogen and oxygen atoms in total. The second-order valence-corrected chi connectivity index (χ2v) is 8.92. The first-order valence-electron chi connectivity index (χ1n) is 10.7. The summed E-state index contributed by atoms with van der Waals surface area (Å²) >= 11 is 0. The van der Waals surface area contributed by atoms with Crippen molar-refractivity contribution in [2.24, 2.45) is 0 Å². The van der Waals surface area contributed by atoms with Crippen LogP contribution in [-0.4, -0.2) is 36.4 Å². The number of hydrogen-bond acceptors (Lipinski definition) is 3. The minimum absolute atomic E-state index is 0.0857. The Morgan fingerprint density at radius 3 is 2.33 bits per heavy atom. The number of anilines is 2. The maximum absolute atomic E-state index is 5.66. The zero-order valence-corrected chi connectivity index (χ0v) is 17.9. The van der Waals surface area contributed by atoms with Gasteiger partial charge >= 0.3 is 5.95 Å². The van der Waals surface area contributed by atoms with E-state index in [4.69, 9.17) is 4.74 Å². The Balaban J connectivity index is 1.91. The van der Waals surface area contributed by atoms with Gasteiger partial charge in [-0.1, -0.05) is 42.5 Å². The SMILES string of the molecule is CC(C)(C)Nc1c2c3ccccc3cc[n+]2c(N2CCOCC2)n1-c1ccccc1. The first kappa shape index (κ1) is 18.9. The van der Waals surface area contributed by atoms with E-state index in [2.05, 4.69) is 107 Å². The van der Waals surface area contributed by atoms with E-state index in [0.717, 1.165) is 43.8 Å². The molecule has 2 aromatic carbocycles. The van der Waals surface area contributed by atoms with Gasteiger partial charge in [-0.2, -0.15) is 8.97 Å². The Hall–Kier alpha value is -3.05. The van der Waals surface area contributed by atoms with E-state index in [1.165, 1.54) is 16.3 Å². The van der Waals surface area contributed by atoms with Gasteiger partial charge in [0.15, 0.2) is 5.52 Å². The number of nitrogens with zero attached hydrogens (tertiary/aromatic N) is 3. The summed E-state index contributed by atoms with van der Waals surface area (Å²) < 4.78 is 10.4. The van der Waals surface area contributed by atoms with Gasteiger partial charge in [-0.15, -0.1) is 0 Å². The van der Waals surface area contributed by atoms with E-state index >= 15 is 0 Å². The fraction of sp³-hybridized carbons (Fsp3) is 0.320. The Kier molecular flexibility index (Phi) is 4.63. The molecular weight excluding hydrogens is 372 g/mol. The molecule has 5 rings (SSSR count). The number of morpholine rings is 1. The van der Waals surface area contributed by atoms with Crippen molar-refractivity contribution >= 4 is 28.1 Å². The minimum atomic E-state index is -0.0857. The number of fused-ring (bicyclic) bond motifs is 3. The van der Waals surface area contributed by atoms with Gasteiger partial charge in [0.05, 0.1) is 32.5 Å². The fourth-order valence-corrected chi connectivity index (χ4v) is 4.29. The third-order valence-electron chi connectivity index (χ3n) is 5.53. The van der Waals surface area contributed by atoms with Crippen LogP contribution in [0, 0.1) is 0 Å². The van der Waals surface area contributed by atoms with Gasteiger partial charge in [-0.25, -0.2) is 0 Å². The topological polar surface area (TPSA) is 33.5 Å². The summed E-state index contributed by atoms with van der Waals surface area (Å²) in [6.45, 7) is 9.89. The van der Waals surface area contributed by atoms with Gasteiger partial charge in [-0.3, -0.25) is 4.90 Å². The summed E-state index contributed by atoms with van der Waals surface area (Å²) in [7, 11) is 0. The molecule has 0 bridgehead atoms. The zero-order chi connectivity index (χ0) is 20.7. The van der Waals surface area contributed by atoms with Crippen molar-refractivity contribution in [3.8, 4) is 5.69 Å². The van der Waals surface area contributed by atoms with Crippen LogP contribution in [0.5, 0.6) is 0 Å². The molecule has 1 aliphatic rings. The van der Waals surface area contributed by atoms with Crippen LogP contribution in [0.25, 0.3) is 22.0 Å². The van der Waals surface area contributed by atoms with Gasteiger partial charge in [0.1, 0.15) is 5.69 Å². The molecule has 0 atom stereocenters. The van der Waals surface area contributed by atoms with E-state index in [-0.39, 0.29) is 5.54 Å². The van der Waals surface area contributed by atoms with Gasteiger partial charge in [0, 0.05) is 10.9 Å². The van der Waals surface area contributed by atoms with Crippen LogP contribution >= 0.6 is 0 Å². The molecule has 0 aliphatic carbocycles. The van der Waals surface area contributed by atoms with Crippen LogP contribution in [-0.2, 0) is 4.74 Å². The highest BCUT2D eigenvalue weighted by Gasteiger charge is 2.34. The zero-order valence-electron chi connectivity index (χ0n) is 17.9. The molecule has 30 heavy (non-hydrogen) atoms. The molecule has 1 fully saturated rings. The standard InChI is InChI=1S/C25H29N4O/c1-25(2,3)26-23-22-21-12-8-7-9-19(21)13-14-28(22)24(27-15-17-30-18-16-27)29(23)20-10-5-4-6-11-20/h4-14,26H,15-18H2,1-3H3/q+1. The predicted octanol–water partition coefficient (Wildman–Crippen LogP) is 4.42. The van der Waals surface area contributed by atoms with Crippen LogP contribution < -0.4 is 14.6 Å². The van der Waals surface area contributed by atoms with Crippen molar-refractivity contribution in [2.45, 2.75) is 26.3 Å². The van der Waals surface area contributed by atoms with Crippen molar-refractivity contribution in [3.63, 3.8) is 0 Å². The van der Waals surface area contributed by atoms with Crippen LogP contribution in [0.3, 0.4) is 0 Å². The molecule has 5 heteroatoms. The van der Waals surface area contributed by atoms with Crippen molar-refractivity contribution in [2.75, 3.05) is 36.5 Å². The van der Waals surface area contributed by atoms with E-state index in [0.29, 0.717) is 0 Å². The number of benzene rings is 2. The maximum Gasteiger partial charge on any atom is 0.371 e. The Morgan fingerprint density at radius 1 is 0.900 bits per heavy atom. The molecule has 4 aromatic rings. The molecule has 3 heterocycles. The van der Waals surface area contributed by atoms with E-state index < -0.39 is 0 Å². The van der Waals surface area contributed by atoms with Crippen molar-refractivity contribution < 1.29 is 9.14 Å². The lowest BCUT2D eigenvalue weighted by Gasteiger charge is -2.24. The highest BCUT2D eigenvalue weighted by Crippen LogP contribution is 2.34.